The quantitative estimate of drug-likeness (QED) is 0.444. The van der Waals surface area contributed by atoms with Crippen molar-refractivity contribution in [1.29, 1.82) is 0 Å². The number of amides is 1. The topological polar surface area (TPSA) is 38.3 Å². The van der Waals surface area contributed by atoms with E-state index in [1.807, 2.05) is 48.5 Å². The summed E-state index contributed by atoms with van der Waals surface area (Å²) < 4.78 is 5.54. The van der Waals surface area contributed by atoms with Crippen LogP contribution in [0.25, 0.3) is 21.9 Å². The van der Waals surface area contributed by atoms with Gasteiger partial charge in [0, 0.05) is 11.5 Å². The number of alkyl carbamates (subject to hydrolysis) is 1. The van der Waals surface area contributed by atoms with E-state index >= 15 is 0 Å². The van der Waals surface area contributed by atoms with Crippen LogP contribution in [0.15, 0.2) is 91.0 Å². The fourth-order valence-corrected chi connectivity index (χ4v) is 4.24. The van der Waals surface area contributed by atoms with E-state index < -0.39 is 6.09 Å². The molecule has 0 heterocycles. The van der Waals surface area contributed by atoms with Crippen molar-refractivity contribution in [3.05, 3.63) is 108 Å². The molecule has 150 valence electrons. The molecule has 0 fully saturated rings. The van der Waals surface area contributed by atoms with E-state index in [2.05, 4.69) is 59.6 Å². The molecule has 3 heteroatoms. The largest absolute Gasteiger partial charge is 0.449 e. The van der Waals surface area contributed by atoms with Crippen LogP contribution in [0.5, 0.6) is 0 Å². The lowest BCUT2D eigenvalue weighted by molar-refractivity contribution is 0.144. The Morgan fingerprint density at radius 1 is 0.806 bits per heavy atom. The number of rotatable bonds is 3. The molecular weight excluding hydrogens is 382 g/mol. The molecule has 3 nitrogen and oxygen atoms in total. The molecule has 0 atom stereocenters. The van der Waals surface area contributed by atoms with Crippen molar-refractivity contribution in [2.75, 3.05) is 13.2 Å². The Morgan fingerprint density at radius 2 is 1.45 bits per heavy atom. The van der Waals surface area contributed by atoms with Crippen LogP contribution >= 0.6 is 0 Å². The Kier molecular flexibility index (Phi) is 5.12. The summed E-state index contributed by atoms with van der Waals surface area (Å²) in [5, 5.41) is 5.00. The number of nitrogens with one attached hydrogen (secondary N) is 1. The Hall–Kier alpha value is -4.03. The van der Waals surface area contributed by atoms with Crippen LogP contribution in [-0.4, -0.2) is 19.2 Å². The molecule has 0 radical (unpaired) electrons. The van der Waals surface area contributed by atoms with Gasteiger partial charge in [-0.05, 0) is 39.1 Å². The zero-order valence-electron chi connectivity index (χ0n) is 17.0. The molecule has 1 amide bonds. The highest BCUT2D eigenvalue weighted by atomic mass is 16.5. The van der Waals surface area contributed by atoms with Gasteiger partial charge in [0.1, 0.15) is 6.61 Å². The molecule has 4 aromatic rings. The predicted molar refractivity (Wildman–Crippen MR) is 124 cm³/mol. The molecule has 0 aromatic heterocycles. The monoisotopic (exact) mass is 403 g/mol. The maximum Gasteiger partial charge on any atom is 0.407 e. The highest BCUT2D eigenvalue weighted by Crippen LogP contribution is 2.44. The number of ether oxygens (including phenoxy) is 1. The molecule has 31 heavy (non-hydrogen) atoms. The van der Waals surface area contributed by atoms with Gasteiger partial charge in [0.2, 0.25) is 0 Å². The van der Waals surface area contributed by atoms with Gasteiger partial charge in [-0.2, -0.15) is 0 Å². The standard InChI is InChI=1S/C28H21NO2/c30-28(29-18-8-12-21-11-7-10-20-9-1-2-13-22(20)21)31-19-27-25-16-5-3-14-23(25)24-15-4-6-17-26(24)27/h1-7,9-11,13-17,27H,18-19H2,(H,29,30). The van der Waals surface area contributed by atoms with Gasteiger partial charge in [-0.25, -0.2) is 4.79 Å². The van der Waals surface area contributed by atoms with Crippen LogP contribution in [0.3, 0.4) is 0 Å². The molecule has 0 saturated heterocycles. The summed E-state index contributed by atoms with van der Waals surface area (Å²) in [6.07, 6.45) is -0.450. The lowest BCUT2D eigenvalue weighted by atomic mass is 9.98. The zero-order valence-corrected chi connectivity index (χ0v) is 17.0. The van der Waals surface area contributed by atoms with Crippen LogP contribution in [-0.2, 0) is 4.74 Å². The maximum atomic E-state index is 12.2. The third-order valence-corrected chi connectivity index (χ3v) is 5.68. The molecule has 1 N–H and O–H groups in total. The smallest absolute Gasteiger partial charge is 0.407 e. The summed E-state index contributed by atoms with van der Waals surface area (Å²) in [6, 6.07) is 30.8. The summed E-state index contributed by atoms with van der Waals surface area (Å²) in [4.78, 5) is 12.2. The summed E-state index contributed by atoms with van der Waals surface area (Å²) in [5.74, 6) is 6.22. The predicted octanol–water partition coefficient (Wildman–Crippen LogP) is 5.73. The van der Waals surface area contributed by atoms with Crippen molar-refractivity contribution in [1.82, 2.24) is 5.32 Å². The van der Waals surface area contributed by atoms with E-state index in [1.165, 1.54) is 22.3 Å². The number of carbonyl (C=O) groups excluding carboxylic acids is 1. The van der Waals surface area contributed by atoms with Gasteiger partial charge in [0.15, 0.2) is 0 Å². The summed E-state index contributed by atoms with van der Waals surface area (Å²) in [7, 11) is 0. The molecule has 5 rings (SSSR count). The van der Waals surface area contributed by atoms with E-state index in [1.54, 1.807) is 0 Å². The third-order valence-electron chi connectivity index (χ3n) is 5.68. The van der Waals surface area contributed by atoms with E-state index in [-0.39, 0.29) is 12.5 Å². The van der Waals surface area contributed by atoms with Crippen molar-refractivity contribution in [2.24, 2.45) is 0 Å². The zero-order chi connectivity index (χ0) is 21.0. The lowest BCUT2D eigenvalue weighted by Crippen LogP contribution is -2.26. The Morgan fingerprint density at radius 3 is 2.23 bits per heavy atom. The van der Waals surface area contributed by atoms with Crippen LogP contribution in [0.1, 0.15) is 22.6 Å². The fourth-order valence-electron chi connectivity index (χ4n) is 4.24. The van der Waals surface area contributed by atoms with Gasteiger partial charge >= 0.3 is 6.09 Å². The van der Waals surface area contributed by atoms with Crippen molar-refractivity contribution < 1.29 is 9.53 Å². The summed E-state index contributed by atoms with van der Waals surface area (Å²) in [5.41, 5.74) is 5.79. The van der Waals surface area contributed by atoms with Crippen molar-refractivity contribution in [3.8, 4) is 23.0 Å². The Balaban J connectivity index is 1.21. The highest BCUT2D eigenvalue weighted by Gasteiger charge is 2.28. The van der Waals surface area contributed by atoms with Gasteiger partial charge in [-0.1, -0.05) is 96.8 Å². The summed E-state index contributed by atoms with van der Waals surface area (Å²) in [6.45, 7) is 0.538. The molecule has 0 bridgehead atoms. The molecule has 1 aliphatic carbocycles. The lowest BCUT2D eigenvalue weighted by Gasteiger charge is -2.14. The van der Waals surface area contributed by atoms with E-state index in [9.17, 15) is 4.79 Å². The molecule has 0 aliphatic heterocycles. The first-order valence-electron chi connectivity index (χ1n) is 10.4. The minimum absolute atomic E-state index is 0.0555. The van der Waals surface area contributed by atoms with E-state index in [0.29, 0.717) is 6.61 Å². The van der Waals surface area contributed by atoms with Crippen molar-refractivity contribution >= 4 is 16.9 Å². The van der Waals surface area contributed by atoms with Gasteiger partial charge in [-0.3, -0.25) is 0 Å². The first kappa shape index (κ1) is 19.0. The number of carbonyl (C=O) groups is 1. The molecule has 1 aliphatic rings. The number of fused-ring (bicyclic) bond motifs is 4. The highest BCUT2D eigenvalue weighted by molar-refractivity contribution is 5.88. The average molecular weight is 403 g/mol. The molecule has 0 unspecified atom stereocenters. The number of benzene rings is 4. The molecule has 4 aromatic carbocycles. The van der Waals surface area contributed by atoms with E-state index in [0.717, 1.165) is 16.3 Å². The molecular formula is C28H21NO2. The van der Waals surface area contributed by atoms with Crippen LogP contribution < -0.4 is 5.32 Å². The number of hydrogen-bond acceptors (Lipinski definition) is 2. The Bertz CT molecular complexity index is 1280. The van der Waals surface area contributed by atoms with Crippen LogP contribution in [0.2, 0.25) is 0 Å². The minimum Gasteiger partial charge on any atom is -0.449 e. The van der Waals surface area contributed by atoms with Crippen molar-refractivity contribution in [3.63, 3.8) is 0 Å². The normalized spacial score (nSPS) is 11.9. The van der Waals surface area contributed by atoms with Gasteiger partial charge < -0.3 is 10.1 Å². The second-order valence-electron chi connectivity index (χ2n) is 7.51. The second kappa shape index (κ2) is 8.38. The maximum absolute atomic E-state index is 12.2. The van der Waals surface area contributed by atoms with E-state index in [4.69, 9.17) is 4.74 Å². The van der Waals surface area contributed by atoms with Crippen molar-refractivity contribution in [2.45, 2.75) is 5.92 Å². The summed E-state index contributed by atoms with van der Waals surface area (Å²) >= 11 is 0. The van der Waals surface area contributed by atoms with Gasteiger partial charge in [0.05, 0.1) is 6.54 Å². The average Bonchev–Trinajstić information content (AvgIpc) is 3.14. The first-order chi connectivity index (χ1) is 15.3. The minimum atomic E-state index is -0.450. The fraction of sp³-hybridized carbons (Fsp3) is 0.107. The first-order valence-corrected chi connectivity index (χ1v) is 10.4. The van der Waals surface area contributed by atoms with Gasteiger partial charge in [-0.15, -0.1) is 0 Å². The molecule has 0 spiro atoms. The van der Waals surface area contributed by atoms with Crippen LogP contribution in [0, 0.1) is 11.8 Å². The Labute approximate surface area is 181 Å². The van der Waals surface area contributed by atoms with Crippen LogP contribution in [0.4, 0.5) is 4.79 Å². The second-order valence-corrected chi connectivity index (χ2v) is 7.51. The molecule has 0 saturated carbocycles. The third kappa shape index (κ3) is 3.76. The van der Waals surface area contributed by atoms with Gasteiger partial charge in [0.25, 0.3) is 0 Å². The number of hydrogen-bond donors (Lipinski definition) is 1. The SMILES string of the molecule is O=C(NCC#Cc1cccc2ccccc12)OCC1c2ccccc2-c2ccccc21.